The Hall–Kier alpha value is -1.09. The largest absolute Gasteiger partial charge is 0.407 e. The Balaban J connectivity index is 2.34. The van der Waals surface area contributed by atoms with Crippen molar-refractivity contribution in [3.63, 3.8) is 0 Å². The molecule has 0 N–H and O–H groups in total. The molecule has 0 aliphatic rings. The first-order chi connectivity index (χ1) is 7.22. The standard InChI is InChI=1S/C11H13ClNO2/c1-2-3-4-5-11(14)15-10-7-6-9(12)8-13-10/h7-8H,2-5H2,1H3. The fourth-order valence-electron chi connectivity index (χ4n) is 1.07. The summed E-state index contributed by atoms with van der Waals surface area (Å²) in [7, 11) is 0. The van der Waals surface area contributed by atoms with Gasteiger partial charge in [0, 0.05) is 18.6 Å². The molecule has 0 aliphatic carbocycles. The number of halogens is 1. The van der Waals surface area contributed by atoms with Crippen molar-refractivity contribution in [1.29, 1.82) is 0 Å². The van der Waals surface area contributed by atoms with Gasteiger partial charge in [-0.25, -0.2) is 4.98 Å². The van der Waals surface area contributed by atoms with Gasteiger partial charge >= 0.3 is 5.97 Å². The third-order valence-electron chi connectivity index (χ3n) is 1.84. The van der Waals surface area contributed by atoms with Crippen LogP contribution in [0.3, 0.4) is 0 Å². The summed E-state index contributed by atoms with van der Waals surface area (Å²) < 4.78 is 4.98. The summed E-state index contributed by atoms with van der Waals surface area (Å²) in [5, 5.41) is 0.404. The molecule has 0 spiro atoms. The number of nitrogens with zero attached hydrogens (tertiary/aromatic N) is 1. The van der Waals surface area contributed by atoms with E-state index in [0.29, 0.717) is 11.4 Å². The summed E-state index contributed by atoms with van der Waals surface area (Å²) in [4.78, 5) is 15.1. The second-order valence-corrected chi connectivity index (χ2v) is 3.57. The van der Waals surface area contributed by atoms with Gasteiger partial charge in [-0.2, -0.15) is 0 Å². The normalized spacial score (nSPS) is 10.0. The lowest BCUT2D eigenvalue weighted by Crippen LogP contribution is -2.08. The Morgan fingerprint density at radius 1 is 1.60 bits per heavy atom. The highest BCUT2D eigenvalue weighted by Crippen LogP contribution is 2.11. The van der Waals surface area contributed by atoms with Gasteiger partial charge in [0.1, 0.15) is 0 Å². The number of carbonyl (C=O) groups is 1. The SMILES string of the molecule is CCCCCC(=O)Oc1c[c]c(Cl)cn1. The van der Waals surface area contributed by atoms with E-state index in [-0.39, 0.29) is 11.8 Å². The zero-order chi connectivity index (χ0) is 11.1. The van der Waals surface area contributed by atoms with Crippen LogP contribution in [0.4, 0.5) is 0 Å². The molecule has 1 heterocycles. The van der Waals surface area contributed by atoms with Gasteiger partial charge in [0.2, 0.25) is 5.88 Å². The molecule has 0 bridgehead atoms. The summed E-state index contributed by atoms with van der Waals surface area (Å²) >= 11 is 5.59. The molecule has 0 aliphatic heterocycles. The lowest BCUT2D eigenvalue weighted by molar-refractivity contribution is -0.134. The highest BCUT2D eigenvalue weighted by atomic mass is 35.5. The number of aromatic nitrogens is 1. The monoisotopic (exact) mass is 226 g/mol. The van der Waals surface area contributed by atoms with E-state index in [1.807, 2.05) is 0 Å². The van der Waals surface area contributed by atoms with Crippen molar-refractivity contribution in [3.8, 4) is 5.88 Å². The number of hydrogen-bond donors (Lipinski definition) is 0. The first-order valence-corrected chi connectivity index (χ1v) is 5.34. The second kappa shape index (κ2) is 6.40. The second-order valence-electron chi connectivity index (χ2n) is 3.16. The van der Waals surface area contributed by atoms with Crippen LogP contribution < -0.4 is 4.74 Å². The fourth-order valence-corrected chi connectivity index (χ4v) is 1.17. The van der Waals surface area contributed by atoms with Crippen LogP contribution in [0.25, 0.3) is 0 Å². The van der Waals surface area contributed by atoms with Crippen LogP contribution in [-0.4, -0.2) is 11.0 Å². The van der Waals surface area contributed by atoms with E-state index in [4.69, 9.17) is 16.3 Å². The van der Waals surface area contributed by atoms with E-state index in [1.165, 1.54) is 12.3 Å². The van der Waals surface area contributed by atoms with Gasteiger partial charge in [0.15, 0.2) is 0 Å². The van der Waals surface area contributed by atoms with Crippen molar-refractivity contribution < 1.29 is 9.53 Å². The number of carbonyl (C=O) groups excluding carboxylic acids is 1. The Bertz CT molecular complexity index is 311. The Labute approximate surface area is 94.4 Å². The third-order valence-corrected chi connectivity index (χ3v) is 2.05. The minimum absolute atomic E-state index is 0.251. The Kier molecular flexibility index (Phi) is 5.12. The van der Waals surface area contributed by atoms with E-state index < -0.39 is 0 Å². The highest BCUT2D eigenvalue weighted by molar-refractivity contribution is 6.30. The first-order valence-electron chi connectivity index (χ1n) is 4.96. The summed E-state index contributed by atoms with van der Waals surface area (Å²) in [6, 6.07) is 4.16. The van der Waals surface area contributed by atoms with Crippen LogP contribution in [0, 0.1) is 6.07 Å². The van der Waals surface area contributed by atoms with Gasteiger partial charge in [0.25, 0.3) is 0 Å². The van der Waals surface area contributed by atoms with Crippen molar-refractivity contribution in [2.75, 3.05) is 0 Å². The molecule has 0 atom stereocenters. The molecule has 0 unspecified atom stereocenters. The maximum absolute atomic E-state index is 11.3. The van der Waals surface area contributed by atoms with E-state index in [2.05, 4.69) is 18.0 Å². The molecule has 0 amide bonds. The Morgan fingerprint density at radius 2 is 2.40 bits per heavy atom. The topological polar surface area (TPSA) is 39.2 Å². The van der Waals surface area contributed by atoms with E-state index in [1.54, 1.807) is 0 Å². The van der Waals surface area contributed by atoms with Crippen LogP contribution in [0.1, 0.15) is 32.6 Å². The summed E-state index contributed by atoms with van der Waals surface area (Å²) in [6.45, 7) is 2.08. The number of hydrogen-bond acceptors (Lipinski definition) is 3. The molecule has 81 valence electrons. The molecule has 3 nitrogen and oxygen atoms in total. The zero-order valence-electron chi connectivity index (χ0n) is 8.62. The highest BCUT2D eigenvalue weighted by Gasteiger charge is 2.04. The molecule has 0 saturated carbocycles. The number of ether oxygens (including phenoxy) is 1. The lowest BCUT2D eigenvalue weighted by atomic mass is 10.2. The maximum atomic E-state index is 11.3. The molecule has 1 radical (unpaired) electrons. The fraction of sp³-hybridized carbons (Fsp3) is 0.455. The van der Waals surface area contributed by atoms with Crippen molar-refractivity contribution in [1.82, 2.24) is 4.98 Å². The van der Waals surface area contributed by atoms with Crippen LogP contribution >= 0.6 is 11.6 Å². The summed E-state index contributed by atoms with van der Waals surface area (Å²) in [5.41, 5.74) is 0. The summed E-state index contributed by atoms with van der Waals surface area (Å²) in [6.07, 6.45) is 4.80. The average molecular weight is 227 g/mol. The van der Waals surface area contributed by atoms with Crippen molar-refractivity contribution in [2.24, 2.45) is 0 Å². The maximum Gasteiger partial charge on any atom is 0.312 e. The van der Waals surface area contributed by atoms with E-state index >= 15 is 0 Å². The van der Waals surface area contributed by atoms with Crippen LogP contribution in [-0.2, 0) is 4.79 Å². The summed E-state index contributed by atoms with van der Waals surface area (Å²) in [5.74, 6) is -0.00688. The van der Waals surface area contributed by atoms with Gasteiger partial charge in [-0.1, -0.05) is 31.4 Å². The third kappa shape index (κ3) is 4.79. The average Bonchev–Trinajstić information content (AvgIpc) is 2.22. The minimum atomic E-state index is -0.258. The molecule has 1 aromatic heterocycles. The van der Waals surface area contributed by atoms with Crippen LogP contribution in [0.2, 0.25) is 5.02 Å². The van der Waals surface area contributed by atoms with Gasteiger partial charge in [-0.15, -0.1) is 0 Å². The Morgan fingerprint density at radius 3 is 3.00 bits per heavy atom. The molecule has 0 saturated heterocycles. The van der Waals surface area contributed by atoms with Gasteiger partial charge in [-0.05, 0) is 6.42 Å². The smallest absolute Gasteiger partial charge is 0.312 e. The first kappa shape index (κ1) is 12.0. The molecular weight excluding hydrogens is 214 g/mol. The number of unbranched alkanes of at least 4 members (excludes halogenated alkanes) is 2. The minimum Gasteiger partial charge on any atom is -0.407 e. The zero-order valence-corrected chi connectivity index (χ0v) is 9.38. The van der Waals surface area contributed by atoms with Gasteiger partial charge < -0.3 is 4.74 Å². The number of pyridine rings is 1. The molecule has 0 fully saturated rings. The number of rotatable bonds is 5. The lowest BCUT2D eigenvalue weighted by Gasteiger charge is -2.02. The van der Waals surface area contributed by atoms with Gasteiger partial charge in [-0.3, -0.25) is 4.79 Å². The van der Waals surface area contributed by atoms with Crippen molar-refractivity contribution in [2.45, 2.75) is 32.6 Å². The molecule has 4 heteroatoms. The van der Waals surface area contributed by atoms with Gasteiger partial charge in [0.05, 0.1) is 11.2 Å². The predicted molar refractivity (Wildman–Crippen MR) is 57.9 cm³/mol. The van der Waals surface area contributed by atoms with Crippen molar-refractivity contribution in [3.05, 3.63) is 23.4 Å². The van der Waals surface area contributed by atoms with Crippen LogP contribution in [0.5, 0.6) is 5.88 Å². The van der Waals surface area contributed by atoms with Crippen LogP contribution in [0.15, 0.2) is 12.3 Å². The quantitative estimate of drug-likeness (QED) is 0.572. The molecule has 0 aromatic carbocycles. The molecular formula is C11H13ClNO2. The molecule has 1 aromatic rings. The predicted octanol–water partition coefficient (Wildman–Crippen LogP) is 3.02. The van der Waals surface area contributed by atoms with E-state index in [9.17, 15) is 4.79 Å². The number of esters is 1. The molecule has 1 rings (SSSR count). The molecule has 15 heavy (non-hydrogen) atoms. The van der Waals surface area contributed by atoms with E-state index in [0.717, 1.165) is 19.3 Å². The van der Waals surface area contributed by atoms with Crippen molar-refractivity contribution >= 4 is 17.6 Å².